The second kappa shape index (κ2) is 19.2. The van der Waals surface area contributed by atoms with E-state index < -0.39 is 23.3 Å². The Morgan fingerprint density at radius 3 is 1.89 bits per heavy atom. The van der Waals surface area contributed by atoms with Gasteiger partial charge >= 0.3 is 5.97 Å². The zero-order chi connectivity index (χ0) is 28.3. The van der Waals surface area contributed by atoms with Crippen LogP contribution in [0.4, 0.5) is 0 Å². The third-order valence-electron chi connectivity index (χ3n) is 5.02. The number of ketones is 2. The van der Waals surface area contributed by atoms with Gasteiger partial charge in [0.05, 0.1) is 33.0 Å². The van der Waals surface area contributed by atoms with Crippen molar-refractivity contribution in [3.63, 3.8) is 0 Å². The number of carboxylic acid groups (broad SMARTS) is 1. The van der Waals surface area contributed by atoms with Crippen LogP contribution in [-0.4, -0.2) is 99.5 Å². The molecule has 0 saturated carbocycles. The predicted octanol–water partition coefficient (Wildman–Crippen LogP) is 1.76. The van der Waals surface area contributed by atoms with Crippen LogP contribution in [0.3, 0.4) is 0 Å². The Kier molecular flexibility index (Phi) is 18.2. The Bertz CT molecular complexity index is 685. The number of hydrogen-bond acceptors (Lipinski definition) is 9. The number of Topliss-reactive ketones (excluding diaryl/α,β-unsaturated/α-hetero) is 2. The van der Waals surface area contributed by atoms with Crippen LogP contribution in [0.15, 0.2) is 0 Å². The van der Waals surface area contributed by atoms with Gasteiger partial charge < -0.3 is 34.7 Å². The van der Waals surface area contributed by atoms with Crippen molar-refractivity contribution in [2.24, 2.45) is 5.41 Å². The van der Waals surface area contributed by atoms with Crippen molar-refractivity contribution in [3.8, 4) is 0 Å². The molecule has 0 aliphatic carbocycles. The second-order valence-corrected chi connectivity index (χ2v) is 10.8. The van der Waals surface area contributed by atoms with Crippen LogP contribution in [0.5, 0.6) is 0 Å². The average Bonchev–Trinajstić information content (AvgIpc) is 2.78. The van der Waals surface area contributed by atoms with Crippen LogP contribution in [0, 0.1) is 5.41 Å². The normalized spacial score (nSPS) is 12.8. The number of rotatable bonds is 22. The number of hydrogen-bond donors (Lipinski definition) is 3. The second-order valence-electron chi connectivity index (χ2n) is 10.8. The molecule has 0 aromatic rings. The minimum atomic E-state index is -1.20. The fraction of sp³-hybridized carbons (Fsp3) is 0.846. The third kappa shape index (κ3) is 21.8. The summed E-state index contributed by atoms with van der Waals surface area (Å²) < 4.78 is 21.3. The zero-order valence-corrected chi connectivity index (χ0v) is 23.5. The van der Waals surface area contributed by atoms with Crippen LogP contribution < -0.4 is 10.6 Å². The first-order valence-corrected chi connectivity index (χ1v) is 12.9. The van der Waals surface area contributed by atoms with Crippen molar-refractivity contribution in [2.45, 2.75) is 78.8 Å². The first-order chi connectivity index (χ1) is 17.2. The van der Waals surface area contributed by atoms with E-state index in [2.05, 4.69) is 31.4 Å². The average molecular weight is 533 g/mol. The molecule has 0 rings (SSSR count). The molecule has 0 saturated heterocycles. The van der Waals surface area contributed by atoms with Crippen molar-refractivity contribution in [1.29, 1.82) is 0 Å². The van der Waals surface area contributed by atoms with Gasteiger partial charge in [0, 0.05) is 36.9 Å². The van der Waals surface area contributed by atoms with Crippen molar-refractivity contribution in [2.75, 3.05) is 59.4 Å². The highest BCUT2D eigenvalue weighted by molar-refractivity contribution is 5.86. The number of carbonyl (C=O) groups excluding carboxylic acids is 3. The van der Waals surface area contributed by atoms with Crippen LogP contribution >= 0.6 is 0 Å². The van der Waals surface area contributed by atoms with Crippen LogP contribution in [0.2, 0.25) is 0 Å². The van der Waals surface area contributed by atoms with Crippen molar-refractivity contribution < 1.29 is 43.2 Å². The Morgan fingerprint density at radius 2 is 1.32 bits per heavy atom. The van der Waals surface area contributed by atoms with Crippen molar-refractivity contribution in [1.82, 2.24) is 10.6 Å². The molecule has 0 aliphatic rings. The van der Waals surface area contributed by atoms with Gasteiger partial charge in [-0.15, -0.1) is 0 Å². The van der Waals surface area contributed by atoms with Gasteiger partial charge in [0.25, 0.3) is 0 Å². The fourth-order valence-corrected chi connectivity index (χ4v) is 2.88. The van der Waals surface area contributed by atoms with E-state index in [0.29, 0.717) is 39.3 Å². The molecule has 3 N–H and O–H groups in total. The lowest BCUT2D eigenvalue weighted by atomic mass is 9.87. The molecule has 0 radical (unpaired) electrons. The first-order valence-electron chi connectivity index (χ1n) is 12.9. The number of carboxylic acids is 1. The smallest absolute Gasteiger partial charge is 0.326 e. The van der Waals surface area contributed by atoms with E-state index in [1.165, 1.54) is 0 Å². The molecule has 0 aliphatic heterocycles. The Balaban J connectivity index is 3.70. The summed E-state index contributed by atoms with van der Waals surface area (Å²) in [5.41, 5.74) is -0.501. The molecule has 1 atom stereocenters. The minimum Gasteiger partial charge on any atom is -0.480 e. The fourth-order valence-electron chi connectivity index (χ4n) is 2.88. The summed E-state index contributed by atoms with van der Waals surface area (Å²) in [5.74, 6) is -1.85. The summed E-state index contributed by atoms with van der Waals surface area (Å²) in [6.45, 7) is 14.2. The van der Waals surface area contributed by atoms with E-state index in [9.17, 15) is 24.3 Å². The maximum absolute atomic E-state index is 12.0. The van der Waals surface area contributed by atoms with Crippen molar-refractivity contribution >= 4 is 23.4 Å². The molecule has 1 unspecified atom stereocenters. The van der Waals surface area contributed by atoms with Gasteiger partial charge in [-0.25, -0.2) is 4.79 Å². The van der Waals surface area contributed by atoms with Gasteiger partial charge in [0.1, 0.15) is 25.0 Å². The molecule has 0 aromatic carbocycles. The summed E-state index contributed by atoms with van der Waals surface area (Å²) in [6.07, 6.45) is 0.973. The van der Waals surface area contributed by atoms with Gasteiger partial charge in [0.15, 0.2) is 5.78 Å². The highest BCUT2D eigenvalue weighted by atomic mass is 16.5. The molecule has 0 bridgehead atoms. The van der Waals surface area contributed by atoms with Crippen LogP contribution in [0.1, 0.15) is 67.2 Å². The van der Waals surface area contributed by atoms with E-state index >= 15 is 0 Å². The number of amides is 1. The first kappa shape index (κ1) is 35.1. The maximum atomic E-state index is 12.0. The summed E-state index contributed by atoms with van der Waals surface area (Å²) in [4.78, 5) is 47.1. The van der Waals surface area contributed by atoms with Crippen LogP contribution in [0.25, 0.3) is 0 Å². The summed E-state index contributed by atoms with van der Waals surface area (Å²) >= 11 is 0. The Labute approximate surface area is 221 Å². The standard InChI is InChI=1S/C26H48N2O9/c1-25(2,3)22(30)10-9-21(24(32)33)28-23(31)19-37-17-14-34-12-7-8-20(29)18-36-16-15-35-13-11-27-26(4,5)6/h21,27H,7-19H2,1-6H3,(H,28,31)(H,32,33). The highest BCUT2D eigenvalue weighted by Crippen LogP contribution is 2.18. The van der Waals surface area contributed by atoms with E-state index in [0.717, 1.165) is 6.54 Å². The topological polar surface area (TPSA) is 149 Å². The molecule has 1 amide bonds. The SMILES string of the molecule is CC(C)(C)NCCOCCOCC(=O)CCCOCCOCC(=O)NC(CCC(=O)C(C)(C)C)C(=O)O. The molecular weight excluding hydrogens is 484 g/mol. The number of carbonyl (C=O) groups is 4. The Morgan fingerprint density at radius 1 is 0.757 bits per heavy atom. The van der Waals surface area contributed by atoms with Gasteiger partial charge in [-0.2, -0.15) is 0 Å². The van der Waals surface area contributed by atoms with Gasteiger partial charge in [-0.3, -0.25) is 14.4 Å². The maximum Gasteiger partial charge on any atom is 0.326 e. The lowest BCUT2D eigenvalue weighted by Gasteiger charge is -2.20. The largest absolute Gasteiger partial charge is 0.480 e. The number of ether oxygens (including phenoxy) is 4. The summed E-state index contributed by atoms with van der Waals surface area (Å²) in [6, 6.07) is -1.15. The number of aliphatic carboxylic acids is 1. The molecule has 37 heavy (non-hydrogen) atoms. The van der Waals surface area contributed by atoms with Gasteiger partial charge in [-0.1, -0.05) is 20.8 Å². The molecule has 11 nitrogen and oxygen atoms in total. The quantitative estimate of drug-likeness (QED) is 0.176. The monoisotopic (exact) mass is 532 g/mol. The third-order valence-corrected chi connectivity index (χ3v) is 5.02. The van der Waals surface area contributed by atoms with Gasteiger partial charge in [-0.05, 0) is 33.6 Å². The lowest BCUT2D eigenvalue weighted by molar-refractivity contribution is -0.143. The Hall–Kier alpha value is -1.92. The lowest BCUT2D eigenvalue weighted by Crippen LogP contribution is -2.43. The zero-order valence-electron chi connectivity index (χ0n) is 23.5. The van der Waals surface area contributed by atoms with E-state index in [4.69, 9.17) is 18.9 Å². The molecule has 0 heterocycles. The molecule has 0 aromatic heterocycles. The summed E-state index contributed by atoms with van der Waals surface area (Å²) in [5, 5.41) is 14.9. The molecule has 11 heteroatoms. The van der Waals surface area contributed by atoms with Gasteiger partial charge in [0.2, 0.25) is 5.91 Å². The molecule has 0 spiro atoms. The number of nitrogens with one attached hydrogen (secondary N) is 2. The summed E-state index contributed by atoms with van der Waals surface area (Å²) in [7, 11) is 0. The minimum absolute atomic E-state index is 0.0110. The predicted molar refractivity (Wildman–Crippen MR) is 139 cm³/mol. The van der Waals surface area contributed by atoms with E-state index in [1.54, 1.807) is 20.8 Å². The highest BCUT2D eigenvalue weighted by Gasteiger charge is 2.25. The molecule has 216 valence electrons. The van der Waals surface area contributed by atoms with E-state index in [1.807, 2.05) is 0 Å². The molecular formula is C26H48N2O9. The van der Waals surface area contributed by atoms with Crippen LogP contribution in [-0.2, 0) is 38.1 Å². The van der Waals surface area contributed by atoms with E-state index in [-0.39, 0.29) is 56.4 Å². The van der Waals surface area contributed by atoms with Crippen molar-refractivity contribution in [3.05, 3.63) is 0 Å². The molecule has 0 fully saturated rings.